The zero-order valence-corrected chi connectivity index (χ0v) is 8.32. The largest absolute Gasteiger partial charge is 0.445 e. The Hall–Kier alpha value is -1.16. The maximum Gasteiger partial charge on any atom is 0.208 e. The van der Waals surface area contributed by atoms with E-state index in [1.54, 1.807) is 6.20 Å². The van der Waals surface area contributed by atoms with Gasteiger partial charge in [-0.15, -0.1) is 0 Å². The number of aromatic nitrogens is 1. The number of rotatable bonds is 2. The molecule has 76 valence electrons. The fourth-order valence-electron chi connectivity index (χ4n) is 1.63. The van der Waals surface area contributed by atoms with Gasteiger partial charge in [0.1, 0.15) is 11.5 Å². The molecule has 0 spiro atoms. The van der Waals surface area contributed by atoms with E-state index in [9.17, 15) is 4.79 Å². The van der Waals surface area contributed by atoms with Crippen molar-refractivity contribution < 1.29 is 9.21 Å². The lowest BCUT2D eigenvalue weighted by Crippen LogP contribution is -2.33. The highest BCUT2D eigenvalue weighted by Gasteiger charge is 2.17. The molecule has 0 aromatic carbocycles. The molecular formula is C10H14N2O2. The predicted octanol–water partition coefficient (Wildman–Crippen LogP) is 1.15. The van der Waals surface area contributed by atoms with E-state index in [1.165, 1.54) is 0 Å². The topological polar surface area (TPSA) is 46.3 Å². The fraction of sp³-hybridized carbons (Fsp3) is 0.600. The molecule has 4 heteroatoms. The second kappa shape index (κ2) is 3.92. The van der Waals surface area contributed by atoms with E-state index in [-0.39, 0.29) is 0 Å². The van der Waals surface area contributed by atoms with Gasteiger partial charge in [0.05, 0.1) is 12.7 Å². The van der Waals surface area contributed by atoms with Crippen LogP contribution in [0, 0.1) is 6.92 Å². The van der Waals surface area contributed by atoms with Crippen LogP contribution < -0.4 is 0 Å². The molecule has 0 aliphatic carbocycles. The maximum atomic E-state index is 11.0. The Morgan fingerprint density at radius 3 is 2.79 bits per heavy atom. The number of ketones is 1. The monoisotopic (exact) mass is 194 g/mol. The first-order valence-corrected chi connectivity index (χ1v) is 4.89. The molecule has 1 fully saturated rings. The summed E-state index contributed by atoms with van der Waals surface area (Å²) in [7, 11) is 0. The molecule has 0 N–H and O–H groups in total. The van der Waals surface area contributed by atoms with Gasteiger partial charge in [0, 0.05) is 25.9 Å². The van der Waals surface area contributed by atoms with Crippen molar-refractivity contribution in [3.05, 3.63) is 17.8 Å². The molecule has 1 saturated heterocycles. The number of hydrogen-bond donors (Lipinski definition) is 0. The number of nitrogens with zero attached hydrogens (tertiary/aromatic N) is 2. The van der Waals surface area contributed by atoms with Crippen LogP contribution >= 0.6 is 0 Å². The summed E-state index contributed by atoms with van der Waals surface area (Å²) in [5.41, 5.74) is 0. The van der Waals surface area contributed by atoms with Gasteiger partial charge in [0.25, 0.3) is 0 Å². The summed E-state index contributed by atoms with van der Waals surface area (Å²) in [4.78, 5) is 17.3. The molecule has 4 nitrogen and oxygen atoms in total. The number of hydrogen-bond acceptors (Lipinski definition) is 4. The summed E-state index contributed by atoms with van der Waals surface area (Å²) in [5.74, 6) is 1.95. The molecular weight excluding hydrogens is 180 g/mol. The fourth-order valence-corrected chi connectivity index (χ4v) is 1.63. The molecule has 14 heavy (non-hydrogen) atoms. The van der Waals surface area contributed by atoms with Gasteiger partial charge in [-0.3, -0.25) is 9.69 Å². The highest BCUT2D eigenvalue weighted by Crippen LogP contribution is 2.10. The molecule has 0 saturated carbocycles. The van der Waals surface area contributed by atoms with Crippen LogP contribution in [0.1, 0.15) is 24.5 Å². The van der Waals surface area contributed by atoms with Gasteiger partial charge in [-0.1, -0.05) is 0 Å². The van der Waals surface area contributed by atoms with Crippen LogP contribution in [0.4, 0.5) is 0 Å². The molecule has 0 radical (unpaired) electrons. The first kappa shape index (κ1) is 9.40. The molecule has 0 atom stereocenters. The number of carbonyl (C=O) groups is 1. The quantitative estimate of drug-likeness (QED) is 0.708. The third-order valence-electron chi connectivity index (χ3n) is 2.44. The minimum atomic E-state index is 0.366. The van der Waals surface area contributed by atoms with Gasteiger partial charge in [-0.25, -0.2) is 4.98 Å². The molecule has 0 bridgehead atoms. The number of oxazole rings is 1. The van der Waals surface area contributed by atoms with Crippen LogP contribution in [-0.4, -0.2) is 28.8 Å². The van der Waals surface area contributed by atoms with Crippen LogP contribution in [0.25, 0.3) is 0 Å². The van der Waals surface area contributed by atoms with Gasteiger partial charge < -0.3 is 4.42 Å². The predicted molar refractivity (Wildman–Crippen MR) is 50.8 cm³/mol. The summed E-state index contributed by atoms with van der Waals surface area (Å²) < 4.78 is 5.38. The van der Waals surface area contributed by atoms with E-state index < -0.39 is 0 Å². The summed E-state index contributed by atoms with van der Waals surface area (Å²) in [6.45, 7) is 4.28. The van der Waals surface area contributed by atoms with Gasteiger partial charge in [0.2, 0.25) is 5.89 Å². The molecule has 1 aromatic heterocycles. The number of aryl methyl sites for hydroxylation is 1. The Labute approximate surface area is 82.9 Å². The van der Waals surface area contributed by atoms with Crippen LogP contribution in [0.15, 0.2) is 10.6 Å². The Bertz CT molecular complexity index is 323. The lowest BCUT2D eigenvalue weighted by atomic mass is 10.1. The van der Waals surface area contributed by atoms with Gasteiger partial charge in [0.15, 0.2) is 0 Å². The van der Waals surface area contributed by atoms with Gasteiger partial charge >= 0.3 is 0 Å². The zero-order valence-electron chi connectivity index (χ0n) is 8.32. The molecule has 0 unspecified atom stereocenters. The van der Waals surface area contributed by atoms with Crippen molar-refractivity contribution in [2.45, 2.75) is 26.3 Å². The van der Waals surface area contributed by atoms with Crippen LogP contribution in [0.2, 0.25) is 0 Å². The highest BCUT2D eigenvalue weighted by molar-refractivity contribution is 5.79. The number of piperidine rings is 1. The van der Waals surface area contributed by atoms with Crippen LogP contribution in [0.5, 0.6) is 0 Å². The molecule has 0 amide bonds. The third-order valence-corrected chi connectivity index (χ3v) is 2.44. The number of Topliss-reactive ketones (excluding diaryl/α,β-unsaturated/α-hetero) is 1. The van der Waals surface area contributed by atoms with Crippen molar-refractivity contribution in [3.63, 3.8) is 0 Å². The first-order valence-electron chi connectivity index (χ1n) is 4.89. The van der Waals surface area contributed by atoms with Gasteiger partial charge in [-0.05, 0) is 6.92 Å². The second-order valence-corrected chi connectivity index (χ2v) is 3.68. The first-order chi connectivity index (χ1) is 6.74. The maximum absolute atomic E-state index is 11.0. The van der Waals surface area contributed by atoms with Crippen molar-refractivity contribution in [2.75, 3.05) is 13.1 Å². The SMILES string of the molecule is Cc1cnc(CN2CCC(=O)CC2)o1. The Morgan fingerprint density at radius 2 is 2.21 bits per heavy atom. The van der Waals surface area contributed by atoms with Crippen LogP contribution in [-0.2, 0) is 11.3 Å². The van der Waals surface area contributed by atoms with Crippen molar-refractivity contribution in [3.8, 4) is 0 Å². The lowest BCUT2D eigenvalue weighted by Gasteiger charge is -2.23. The molecule has 1 aliphatic rings. The smallest absolute Gasteiger partial charge is 0.208 e. The molecule has 1 aliphatic heterocycles. The van der Waals surface area contributed by atoms with E-state index in [2.05, 4.69) is 9.88 Å². The second-order valence-electron chi connectivity index (χ2n) is 3.68. The normalized spacial score (nSPS) is 18.8. The van der Waals surface area contributed by atoms with E-state index in [4.69, 9.17) is 4.42 Å². The molecule has 1 aromatic rings. The van der Waals surface area contributed by atoms with Crippen molar-refractivity contribution >= 4 is 5.78 Å². The third kappa shape index (κ3) is 2.20. The molecule has 2 heterocycles. The van der Waals surface area contributed by atoms with E-state index in [0.29, 0.717) is 18.6 Å². The van der Waals surface area contributed by atoms with Gasteiger partial charge in [-0.2, -0.15) is 0 Å². The summed E-state index contributed by atoms with van der Waals surface area (Å²) in [6, 6.07) is 0. The van der Waals surface area contributed by atoms with Crippen LogP contribution in [0.3, 0.4) is 0 Å². The standard InChI is InChI=1S/C10H14N2O2/c1-8-6-11-10(14-8)7-12-4-2-9(13)3-5-12/h6H,2-5,7H2,1H3. The average molecular weight is 194 g/mol. The Kier molecular flexibility index (Phi) is 2.63. The van der Waals surface area contributed by atoms with Crippen molar-refractivity contribution in [2.24, 2.45) is 0 Å². The minimum Gasteiger partial charge on any atom is -0.445 e. The van der Waals surface area contributed by atoms with E-state index >= 15 is 0 Å². The minimum absolute atomic E-state index is 0.366. The van der Waals surface area contributed by atoms with Crippen molar-refractivity contribution in [1.29, 1.82) is 0 Å². The summed E-state index contributed by atoms with van der Waals surface area (Å²) in [6.07, 6.45) is 3.06. The molecule has 2 rings (SSSR count). The zero-order chi connectivity index (χ0) is 9.97. The average Bonchev–Trinajstić information content (AvgIpc) is 2.56. The number of likely N-dealkylation sites (tertiary alicyclic amines) is 1. The Morgan fingerprint density at radius 1 is 1.50 bits per heavy atom. The highest BCUT2D eigenvalue weighted by atomic mass is 16.4. The lowest BCUT2D eigenvalue weighted by molar-refractivity contribution is -0.121. The summed E-state index contributed by atoms with van der Waals surface area (Å²) >= 11 is 0. The number of carbonyl (C=O) groups excluding carboxylic acids is 1. The summed E-state index contributed by atoms with van der Waals surface area (Å²) in [5, 5.41) is 0. The van der Waals surface area contributed by atoms with E-state index in [0.717, 1.165) is 31.3 Å². The Balaban J connectivity index is 1.89. The van der Waals surface area contributed by atoms with E-state index in [1.807, 2.05) is 6.92 Å². The van der Waals surface area contributed by atoms with Crippen molar-refractivity contribution in [1.82, 2.24) is 9.88 Å².